The van der Waals surface area contributed by atoms with Gasteiger partial charge in [0.15, 0.2) is 0 Å². The van der Waals surface area contributed by atoms with Gasteiger partial charge in [0.25, 0.3) is 0 Å². The van der Waals surface area contributed by atoms with Crippen molar-refractivity contribution in [1.29, 1.82) is 0 Å². The third kappa shape index (κ3) is 3.80. The number of carboxylic acid groups (broad SMARTS) is 1. The van der Waals surface area contributed by atoms with E-state index in [1.54, 1.807) is 29.6 Å². The summed E-state index contributed by atoms with van der Waals surface area (Å²) >= 11 is 3.54. The summed E-state index contributed by atoms with van der Waals surface area (Å²) in [4.78, 5) is 10.4. The number of aliphatic carboxylic acids is 1. The molecule has 1 aliphatic rings. The van der Waals surface area contributed by atoms with Crippen molar-refractivity contribution in [3.63, 3.8) is 0 Å². The highest BCUT2D eigenvalue weighted by atomic mass is 32.2. The zero-order chi connectivity index (χ0) is 12.1. The first-order valence-corrected chi connectivity index (χ1v) is 7.17. The number of thioether (sulfide) groups is 2. The Morgan fingerprint density at radius 2 is 1.94 bits per heavy atom. The van der Waals surface area contributed by atoms with E-state index in [0.29, 0.717) is 4.58 Å². The average molecular weight is 268 g/mol. The second-order valence-electron chi connectivity index (χ2n) is 3.44. The second kappa shape index (κ2) is 6.14. The van der Waals surface area contributed by atoms with Crippen LogP contribution in [0.1, 0.15) is 15.7 Å². The largest absolute Gasteiger partial charge is 0.478 e. The summed E-state index contributed by atoms with van der Waals surface area (Å²) in [6.45, 7) is 0. The van der Waals surface area contributed by atoms with Crippen LogP contribution in [-0.2, 0) is 9.53 Å². The number of ether oxygens (including phenoxy) is 1. The first-order valence-electron chi connectivity index (χ1n) is 5.07. The Labute approximate surface area is 108 Å². The first-order chi connectivity index (χ1) is 8.25. The number of carboxylic acids is 1. The Balaban J connectivity index is 2.04. The molecule has 3 nitrogen and oxygen atoms in total. The third-order valence-corrected chi connectivity index (χ3v) is 4.80. The van der Waals surface area contributed by atoms with Gasteiger partial charge in [-0.05, 0) is 17.2 Å². The summed E-state index contributed by atoms with van der Waals surface area (Å²) in [5.41, 5.74) is 2.15. The zero-order valence-corrected chi connectivity index (χ0v) is 10.7. The van der Waals surface area contributed by atoms with Crippen LogP contribution in [0.2, 0.25) is 0 Å². The van der Waals surface area contributed by atoms with E-state index >= 15 is 0 Å². The van der Waals surface area contributed by atoms with Crippen LogP contribution in [-0.4, -0.2) is 23.0 Å². The van der Waals surface area contributed by atoms with Gasteiger partial charge < -0.3 is 9.84 Å². The van der Waals surface area contributed by atoms with Gasteiger partial charge in [-0.1, -0.05) is 24.3 Å². The van der Waals surface area contributed by atoms with Gasteiger partial charge in [0.2, 0.25) is 0 Å². The fourth-order valence-electron chi connectivity index (χ4n) is 1.43. The van der Waals surface area contributed by atoms with Crippen molar-refractivity contribution >= 4 is 35.6 Å². The molecule has 0 aromatic heterocycles. The molecular formula is C12H12O3S2. The molecule has 0 spiro atoms. The van der Waals surface area contributed by atoms with E-state index in [2.05, 4.69) is 0 Å². The molecule has 0 saturated carbocycles. The van der Waals surface area contributed by atoms with Gasteiger partial charge in [-0.2, -0.15) is 0 Å². The Morgan fingerprint density at radius 3 is 2.53 bits per heavy atom. The number of hydrogen-bond acceptors (Lipinski definition) is 4. The lowest BCUT2D eigenvalue weighted by atomic mass is 10.1. The molecule has 1 heterocycles. The summed E-state index contributed by atoms with van der Waals surface area (Å²) in [5, 5.41) is 8.53. The summed E-state index contributed by atoms with van der Waals surface area (Å²) in [7, 11) is 0. The molecule has 0 radical (unpaired) electrons. The summed E-state index contributed by atoms with van der Waals surface area (Å²) in [5.74, 6) is 0.543. The van der Waals surface area contributed by atoms with E-state index in [9.17, 15) is 4.79 Å². The number of benzene rings is 1. The third-order valence-electron chi connectivity index (χ3n) is 2.23. The van der Waals surface area contributed by atoms with Crippen LogP contribution in [0.5, 0.6) is 0 Å². The minimum absolute atomic E-state index is 0.418. The molecule has 2 rings (SSSR count). The van der Waals surface area contributed by atoms with Gasteiger partial charge in [-0.25, -0.2) is 4.79 Å². The number of carbonyl (C=O) groups is 1. The van der Waals surface area contributed by atoms with Gasteiger partial charge in [0.1, 0.15) is 0 Å². The molecule has 0 unspecified atom stereocenters. The highest BCUT2D eigenvalue weighted by molar-refractivity contribution is 8.16. The van der Waals surface area contributed by atoms with Crippen LogP contribution in [0.4, 0.5) is 0 Å². The Kier molecular flexibility index (Phi) is 4.53. The maximum atomic E-state index is 10.4. The summed E-state index contributed by atoms with van der Waals surface area (Å²) in [6.07, 6.45) is 2.74. The fraction of sp³-hybridized carbons (Fsp3) is 0.250. The molecule has 1 aromatic carbocycles. The first kappa shape index (κ1) is 12.5. The molecule has 17 heavy (non-hydrogen) atoms. The molecule has 90 valence electrons. The second-order valence-corrected chi connectivity index (χ2v) is 5.82. The van der Waals surface area contributed by atoms with Crippen molar-refractivity contribution in [3.8, 4) is 0 Å². The lowest BCUT2D eigenvalue weighted by molar-refractivity contribution is -0.131. The normalized spacial score (nSPS) is 17.4. The average Bonchev–Trinajstić information content (AvgIpc) is 2.38. The van der Waals surface area contributed by atoms with E-state index in [0.717, 1.165) is 23.5 Å². The van der Waals surface area contributed by atoms with Gasteiger partial charge in [-0.3, -0.25) is 0 Å². The van der Waals surface area contributed by atoms with E-state index < -0.39 is 5.97 Å². The Morgan fingerprint density at radius 1 is 1.29 bits per heavy atom. The van der Waals surface area contributed by atoms with E-state index in [-0.39, 0.29) is 0 Å². The number of rotatable bonds is 3. The topological polar surface area (TPSA) is 46.5 Å². The van der Waals surface area contributed by atoms with Crippen LogP contribution in [0.15, 0.2) is 30.3 Å². The predicted octanol–water partition coefficient (Wildman–Crippen LogP) is 3.19. The van der Waals surface area contributed by atoms with E-state index in [1.807, 2.05) is 24.3 Å². The molecular weight excluding hydrogens is 256 g/mol. The molecule has 0 atom stereocenters. The van der Waals surface area contributed by atoms with E-state index in [1.165, 1.54) is 5.56 Å². The van der Waals surface area contributed by atoms with Crippen LogP contribution >= 0.6 is 23.5 Å². The van der Waals surface area contributed by atoms with Crippen molar-refractivity contribution in [2.45, 2.75) is 4.58 Å². The highest BCUT2D eigenvalue weighted by Crippen LogP contribution is 2.42. The van der Waals surface area contributed by atoms with Gasteiger partial charge in [0.05, 0.1) is 16.5 Å². The predicted molar refractivity (Wildman–Crippen MR) is 71.9 cm³/mol. The minimum Gasteiger partial charge on any atom is -0.478 e. The summed E-state index contributed by atoms with van der Waals surface area (Å²) in [6, 6.07) is 7.95. The van der Waals surface area contributed by atoms with Gasteiger partial charge in [-0.15, -0.1) is 23.5 Å². The molecule has 1 aromatic rings. The molecule has 0 bridgehead atoms. The van der Waals surface area contributed by atoms with Gasteiger partial charge in [0, 0.05) is 6.08 Å². The smallest absolute Gasteiger partial charge is 0.328 e. The van der Waals surface area contributed by atoms with Gasteiger partial charge >= 0.3 is 5.97 Å². The molecule has 1 fully saturated rings. The van der Waals surface area contributed by atoms with E-state index in [4.69, 9.17) is 9.84 Å². The molecule has 5 heteroatoms. The minimum atomic E-state index is -0.926. The molecule has 1 N–H and O–H groups in total. The number of hydrogen-bond donors (Lipinski definition) is 1. The molecule has 0 amide bonds. The summed E-state index contributed by atoms with van der Waals surface area (Å²) < 4.78 is 5.68. The lowest BCUT2D eigenvalue weighted by Crippen LogP contribution is -2.02. The lowest BCUT2D eigenvalue weighted by Gasteiger charge is -2.21. The molecule has 0 aliphatic carbocycles. The standard InChI is InChI=1S/C12H12O3S2/c13-11(14)6-3-9-1-4-10(5-2-9)12-16-7-15-8-17-12/h1-6,12H,7-8H2,(H,13,14)/b6-3+. The van der Waals surface area contributed by atoms with Crippen molar-refractivity contribution in [2.24, 2.45) is 0 Å². The monoisotopic (exact) mass is 268 g/mol. The Hall–Kier alpha value is -0.910. The van der Waals surface area contributed by atoms with Crippen LogP contribution in [0, 0.1) is 0 Å². The fourth-order valence-corrected chi connectivity index (χ4v) is 3.56. The van der Waals surface area contributed by atoms with Crippen molar-refractivity contribution in [3.05, 3.63) is 41.5 Å². The quantitative estimate of drug-likeness (QED) is 0.853. The molecule has 1 saturated heterocycles. The highest BCUT2D eigenvalue weighted by Gasteiger charge is 2.16. The van der Waals surface area contributed by atoms with Crippen molar-refractivity contribution in [2.75, 3.05) is 11.9 Å². The van der Waals surface area contributed by atoms with Crippen LogP contribution in [0.3, 0.4) is 0 Å². The van der Waals surface area contributed by atoms with Crippen molar-refractivity contribution in [1.82, 2.24) is 0 Å². The molecule has 1 aliphatic heterocycles. The Bertz CT molecular complexity index is 408. The van der Waals surface area contributed by atoms with Crippen molar-refractivity contribution < 1.29 is 14.6 Å². The maximum absolute atomic E-state index is 10.4. The maximum Gasteiger partial charge on any atom is 0.328 e. The zero-order valence-electron chi connectivity index (χ0n) is 9.04. The van der Waals surface area contributed by atoms with Crippen LogP contribution < -0.4 is 0 Å². The SMILES string of the molecule is O=C(O)/C=C/c1ccc(C2SCOCS2)cc1. The van der Waals surface area contributed by atoms with Crippen LogP contribution in [0.25, 0.3) is 6.08 Å².